The van der Waals surface area contributed by atoms with Gasteiger partial charge >= 0.3 is 0 Å². The van der Waals surface area contributed by atoms with Crippen LogP contribution in [0.3, 0.4) is 0 Å². The van der Waals surface area contributed by atoms with Crippen LogP contribution in [-0.2, 0) is 9.53 Å². The van der Waals surface area contributed by atoms with E-state index in [2.05, 4.69) is 15.6 Å². The van der Waals surface area contributed by atoms with Crippen molar-refractivity contribution in [3.63, 3.8) is 0 Å². The summed E-state index contributed by atoms with van der Waals surface area (Å²) in [6.45, 7) is 2.68. The SMILES string of the molecule is C[C@@H]1CCO[C@@H]1C(=O)Nc1cccc(-n2ccnn2)c1. The minimum Gasteiger partial charge on any atom is -0.368 e. The van der Waals surface area contributed by atoms with Crippen molar-refractivity contribution in [3.05, 3.63) is 36.7 Å². The molecule has 6 nitrogen and oxygen atoms in total. The van der Waals surface area contributed by atoms with Crippen LogP contribution < -0.4 is 5.32 Å². The summed E-state index contributed by atoms with van der Waals surface area (Å²) < 4.78 is 7.11. The van der Waals surface area contributed by atoms with Crippen molar-refractivity contribution in [2.24, 2.45) is 5.92 Å². The Morgan fingerprint density at radius 1 is 1.50 bits per heavy atom. The molecule has 1 aromatic heterocycles. The Morgan fingerprint density at radius 3 is 3.10 bits per heavy atom. The summed E-state index contributed by atoms with van der Waals surface area (Å²) in [5.74, 6) is 0.166. The molecule has 104 valence electrons. The molecule has 1 fully saturated rings. The van der Waals surface area contributed by atoms with Gasteiger partial charge in [-0.2, -0.15) is 0 Å². The fourth-order valence-electron chi connectivity index (χ4n) is 2.32. The van der Waals surface area contributed by atoms with Gasteiger partial charge in [0.2, 0.25) is 0 Å². The molecule has 6 heteroatoms. The number of ether oxygens (including phenoxy) is 1. The molecule has 1 saturated heterocycles. The Labute approximate surface area is 116 Å². The van der Waals surface area contributed by atoms with Crippen molar-refractivity contribution >= 4 is 11.6 Å². The molecule has 1 aliphatic heterocycles. The van der Waals surface area contributed by atoms with Gasteiger partial charge in [0.25, 0.3) is 5.91 Å². The first kappa shape index (κ1) is 12.8. The van der Waals surface area contributed by atoms with Crippen molar-refractivity contribution in [1.82, 2.24) is 15.0 Å². The lowest BCUT2D eigenvalue weighted by Gasteiger charge is -2.14. The largest absolute Gasteiger partial charge is 0.368 e. The number of aromatic nitrogens is 3. The Hall–Kier alpha value is -2.21. The van der Waals surface area contributed by atoms with E-state index in [1.54, 1.807) is 17.1 Å². The summed E-state index contributed by atoms with van der Waals surface area (Å²) >= 11 is 0. The van der Waals surface area contributed by atoms with Crippen molar-refractivity contribution in [3.8, 4) is 5.69 Å². The molecular weight excluding hydrogens is 256 g/mol. The summed E-state index contributed by atoms with van der Waals surface area (Å²) in [6, 6.07) is 7.47. The molecule has 2 aromatic rings. The highest BCUT2D eigenvalue weighted by Gasteiger charge is 2.30. The summed E-state index contributed by atoms with van der Waals surface area (Å²) in [4.78, 5) is 12.2. The second-order valence-corrected chi connectivity index (χ2v) is 4.94. The van der Waals surface area contributed by atoms with Crippen LogP contribution in [0, 0.1) is 5.92 Å². The molecule has 0 radical (unpaired) electrons. The van der Waals surface area contributed by atoms with E-state index in [1.807, 2.05) is 31.2 Å². The van der Waals surface area contributed by atoms with E-state index in [4.69, 9.17) is 4.74 Å². The zero-order chi connectivity index (χ0) is 13.9. The molecule has 1 N–H and O–H groups in total. The molecule has 0 saturated carbocycles. The topological polar surface area (TPSA) is 69.0 Å². The molecular formula is C14H16N4O2. The summed E-state index contributed by atoms with van der Waals surface area (Å²) in [5, 5.41) is 10.6. The number of carbonyl (C=O) groups excluding carboxylic acids is 1. The quantitative estimate of drug-likeness (QED) is 0.922. The van der Waals surface area contributed by atoms with E-state index in [-0.39, 0.29) is 17.9 Å². The molecule has 3 rings (SSSR count). The molecule has 1 amide bonds. The molecule has 1 aliphatic rings. The third kappa shape index (κ3) is 2.55. The minimum absolute atomic E-state index is 0.0919. The van der Waals surface area contributed by atoms with Crippen molar-refractivity contribution in [2.75, 3.05) is 11.9 Å². The second-order valence-electron chi connectivity index (χ2n) is 4.94. The van der Waals surface area contributed by atoms with E-state index in [1.165, 1.54) is 0 Å². The highest BCUT2D eigenvalue weighted by Crippen LogP contribution is 2.22. The lowest BCUT2D eigenvalue weighted by atomic mass is 10.0. The predicted molar refractivity (Wildman–Crippen MR) is 73.5 cm³/mol. The number of nitrogens with one attached hydrogen (secondary N) is 1. The van der Waals surface area contributed by atoms with Crippen LogP contribution in [0.5, 0.6) is 0 Å². The van der Waals surface area contributed by atoms with Crippen LogP contribution in [-0.4, -0.2) is 33.6 Å². The van der Waals surface area contributed by atoms with Crippen LogP contribution in [0.1, 0.15) is 13.3 Å². The fraction of sp³-hybridized carbons (Fsp3) is 0.357. The molecule has 0 unspecified atom stereocenters. The Kier molecular flexibility index (Phi) is 3.47. The molecule has 0 aliphatic carbocycles. The van der Waals surface area contributed by atoms with Crippen LogP contribution in [0.2, 0.25) is 0 Å². The summed E-state index contributed by atoms with van der Waals surface area (Å²) in [6.07, 6.45) is 3.93. The first-order valence-electron chi connectivity index (χ1n) is 6.63. The van der Waals surface area contributed by atoms with Gasteiger partial charge in [-0.1, -0.05) is 18.2 Å². The summed E-state index contributed by atoms with van der Waals surface area (Å²) in [5.41, 5.74) is 1.58. The third-order valence-corrected chi connectivity index (χ3v) is 3.45. The van der Waals surface area contributed by atoms with Crippen molar-refractivity contribution in [1.29, 1.82) is 0 Å². The summed E-state index contributed by atoms with van der Waals surface area (Å²) in [7, 11) is 0. The highest BCUT2D eigenvalue weighted by molar-refractivity contribution is 5.94. The number of hydrogen-bond acceptors (Lipinski definition) is 4. The second kappa shape index (κ2) is 5.42. The fourth-order valence-corrected chi connectivity index (χ4v) is 2.32. The molecule has 2 atom stereocenters. The minimum atomic E-state index is -0.356. The predicted octanol–water partition coefficient (Wildman–Crippen LogP) is 1.63. The monoisotopic (exact) mass is 272 g/mol. The smallest absolute Gasteiger partial charge is 0.253 e. The third-order valence-electron chi connectivity index (χ3n) is 3.45. The number of nitrogens with zero attached hydrogens (tertiary/aromatic N) is 3. The van der Waals surface area contributed by atoms with Crippen molar-refractivity contribution < 1.29 is 9.53 Å². The maximum absolute atomic E-state index is 12.2. The van der Waals surface area contributed by atoms with E-state index in [0.29, 0.717) is 6.61 Å². The standard InChI is InChI=1S/C14H16N4O2/c1-10-5-8-20-13(10)14(19)16-11-3-2-4-12(9-11)18-7-6-15-17-18/h2-4,6-7,9-10,13H,5,8H2,1H3,(H,16,19)/t10-,13+/m1/s1. The Bertz CT molecular complexity index is 597. The molecule has 0 spiro atoms. The van der Waals surface area contributed by atoms with Gasteiger partial charge in [0.15, 0.2) is 0 Å². The lowest BCUT2D eigenvalue weighted by molar-refractivity contribution is -0.126. The van der Waals surface area contributed by atoms with Gasteiger partial charge in [-0.15, -0.1) is 5.10 Å². The number of rotatable bonds is 3. The van der Waals surface area contributed by atoms with E-state index >= 15 is 0 Å². The number of carbonyl (C=O) groups is 1. The maximum atomic E-state index is 12.2. The lowest BCUT2D eigenvalue weighted by Crippen LogP contribution is -2.31. The van der Waals surface area contributed by atoms with Crippen LogP contribution >= 0.6 is 0 Å². The average molecular weight is 272 g/mol. The van der Waals surface area contributed by atoms with Gasteiger partial charge in [0.1, 0.15) is 6.10 Å². The van der Waals surface area contributed by atoms with Gasteiger partial charge in [-0.25, -0.2) is 4.68 Å². The number of benzene rings is 1. The maximum Gasteiger partial charge on any atom is 0.253 e. The van der Waals surface area contributed by atoms with Crippen LogP contribution in [0.15, 0.2) is 36.7 Å². The molecule has 2 heterocycles. The Morgan fingerprint density at radius 2 is 2.40 bits per heavy atom. The molecule has 1 aromatic carbocycles. The molecule has 0 bridgehead atoms. The van der Waals surface area contributed by atoms with Gasteiger partial charge in [0, 0.05) is 12.3 Å². The first-order chi connectivity index (χ1) is 9.74. The van der Waals surface area contributed by atoms with E-state index in [0.717, 1.165) is 17.8 Å². The van der Waals surface area contributed by atoms with E-state index < -0.39 is 0 Å². The first-order valence-corrected chi connectivity index (χ1v) is 6.63. The number of amides is 1. The van der Waals surface area contributed by atoms with Gasteiger partial charge < -0.3 is 10.1 Å². The van der Waals surface area contributed by atoms with Crippen LogP contribution in [0.25, 0.3) is 5.69 Å². The zero-order valence-corrected chi connectivity index (χ0v) is 11.2. The number of anilines is 1. The number of hydrogen-bond donors (Lipinski definition) is 1. The van der Waals surface area contributed by atoms with Crippen LogP contribution in [0.4, 0.5) is 5.69 Å². The Balaban J connectivity index is 1.74. The van der Waals surface area contributed by atoms with Gasteiger partial charge in [-0.05, 0) is 30.5 Å². The highest BCUT2D eigenvalue weighted by atomic mass is 16.5. The zero-order valence-electron chi connectivity index (χ0n) is 11.2. The van der Waals surface area contributed by atoms with Crippen molar-refractivity contribution in [2.45, 2.75) is 19.4 Å². The van der Waals surface area contributed by atoms with Gasteiger partial charge in [-0.3, -0.25) is 4.79 Å². The average Bonchev–Trinajstić information content (AvgIpc) is 3.09. The molecule has 20 heavy (non-hydrogen) atoms. The normalized spacial score (nSPS) is 21.9. The van der Waals surface area contributed by atoms with Gasteiger partial charge in [0.05, 0.1) is 18.1 Å². The van der Waals surface area contributed by atoms with E-state index in [9.17, 15) is 4.79 Å².